The number of hydrogen-bond acceptors (Lipinski definition) is 5. The first-order valence-electron chi connectivity index (χ1n) is 9.05. The molecule has 2 aliphatic rings. The van der Waals surface area contributed by atoms with E-state index in [4.69, 9.17) is 14.2 Å². The first-order chi connectivity index (χ1) is 12.6. The normalized spacial score (nSPS) is 20.6. The van der Waals surface area contributed by atoms with Crippen LogP contribution < -0.4 is 9.47 Å². The molecule has 7 heteroatoms. The summed E-state index contributed by atoms with van der Waals surface area (Å²) in [5, 5.41) is 0. The molecule has 0 N–H and O–H groups in total. The zero-order valence-corrected chi connectivity index (χ0v) is 15.4. The van der Waals surface area contributed by atoms with Gasteiger partial charge in [-0.05, 0) is 37.5 Å². The first kappa shape index (κ1) is 18.5. The second-order valence-electron chi connectivity index (χ2n) is 6.54. The van der Waals surface area contributed by atoms with Crippen LogP contribution in [0.5, 0.6) is 11.5 Å². The highest BCUT2D eigenvalue weighted by molar-refractivity contribution is 5.95. The van der Waals surface area contributed by atoms with E-state index in [1.54, 1.807) is 37.3 Å². The zero-order valence-electron chi connectivity index (χ0n) is 15.4. The Balaban J connectivity index is 1.65. The Labute approximate surface area is 153 Å². The van der Waals surface area contributed by atoms with Crippen molar-refractivity contribution < 1.29 is 23.8 Å². The molecule has 142 valence electrons. The van der Waals surface area contributed by atoms with Crippen molar-refractivity contribution in [1.82, 2.24) is 9.80 Å². The molecule has 0 spiro atoms. The second kappa shape index (κ2) is 8.40. The molecule has 0 saturated carbocycles. The summed E-state index contributed by atoms with van der Waals surface area (Å²) in [7, 11) is 3.11. The van der Waals surface area contributed by atoms with Crippen molar-refractivity contribution in [1.29, 1.82) is 0 Å². The van der Waals surface area contributed by atoms with E-state index < -0.39 is 0 Å². The Hall–Kier alpha value is -2.28. The van der Waals surface area contributed by atoms with Gasteiger partial charge in [0.25, 0.3) is 11.8 Å². The van der Waals surface area contributed by atoms with Crippen molar-refractivity contribution in [2.75, 3.05) is 47.0 Å². The maximum Gasteiger partial charge on any atom is 0.254 e. The van der Waals surface area contributed by atoms with Gasteiger partial charge in [-0.1, -0.05) is 0 Å². The van der Waals surface area contributed by atoms with Crippen LogP contribution in [-0.4, -0.2) is 74.7 Å². The monoisotopic (exact) mass is 362 g/mol. The molecule has 1 aromatic rings. The van der Waals surface area contributed by atoms with Gasteiger partial charge in [0.1, 0.15) is 6.10 Å². The SMILES string of the molecule is COc1ccc(C(=O)N2CCCN(C(=O)C3CCCO3)CC2)cc1OC. The summed E-state index contributed by atoms with van der Waals surface area (Å²) in [5.41, 5.74) is 0.557. The van der Waals surface area contributed by atoms with Crippen LogP contribution in [0.3, 0.4) is 0 Å². The molecule has 2 saturated heterocycles. The first-order valence-corrected chi connectivity index (χ1v) is 9.05. The van der Waals surface area contributed by atoms with Crippen LogP contribution in [-0.2, 0) is 9.53 Å². The Morgan fingerprint density at radius 2 is 1.73 bits per heavy atom. The highest BCUT2D eigenvalue weighted by Gasteiger charge is 2.30. The summed E-state index contributed by atoms with van der Waals surface area (Å²) < 4.78 is 16.0. The van der Waals surface area contributed by atoms with Gasteiger partial charge in [0.2, 0.25) is 0 Å². The average Bonchev–Trinajstić information content (AvgIpc) is 3.11. The summed E-state index contributed by atoms with van der Waals surface area (Å²) >= 11 is 0. The van der Waals surface area contributed by atoms with Crippen LogP contribution in [0, 0.1) is 0 Å². The Morgan fingerprint density at radius 3 is 2.42 bits per heavy atom. The average molecular weight is 362 g/mol. The lowest BCUT2D eigenvalue weighted by Gasteiger charge is -2.24. The maximum absolute atomic E-state index is 12.9. The van der Waals surface area contributed by atoms with Gasteiger partial charge in [-0.3, -0.25) is 9.59 Å². The number of nitrogens with zero attached hydrogens (tertiary/aromatic N) is 2. The van der Waals surface area contributed by atoms with Crippen molar-refractivity contribution in [2.45, 2.75) is 25.4 Å². The number of carbonyl (C=O) groups is 2. The molecule has 0 aliphatic carbocycles. The number of methoxy groups -OCH3 is 2. The van der Waals surface area contributed by atoms with Crippen molar-refractivity contribution in [2.24, 2.45) is 0 Å². The standard InChI is InChI=1S/C19H26N2O5/c1-24-15-7-6-14(13-17(15)25-2)18(22)20-8-4-9-21(11-10-20)19(23)16-5-3-12-26-16/h6-7,13,16H,3-5,8-12H2,1-2H3. The highest BCUT2D eigenvalue weighted by Crippen LogP contribution is 2.28. The number of carbonyl (C=O) groups excluding carboxylic acids is 2. The van der Waals surface area contributed by atoms with E-state index in [-0.39, 0.29) is 17.9 Å². The van der Waals surface area contributed by atoms with E-state index in [1.807, 2.05) is 4.90 Å². The van der Waals surface area contributed by atoms with E-state index in [0.29, 0.717) is 49.8 Å². The summed E-state index contributed by atoms with van der Waals surface area (Å²) in [6.45, 7) is 3.01. The number of benzene rings is 1. The van der Waals surface area contributed by atoms with E-state index in [0.717, 1.165) is 19.3 Å². The molecular weight excluding hydrogens is 336 g/mol. The summed E-state index contributed by atoms with van der Waals surface area (Å²) in [6, 6.07) is 5.17. The minimum atomic E-state index is -0.303. The van der Waals surface area contributed by atoms with E-state index >= 15 is 0 Å². The van der Waals surface area contributed by atoms with Crippen LogP contribution in [0.25, 0.3) is 0 Å². The van der Waals surface area contributed by atoms with Crippen LogP contribution in [0.2, 0.25) is 0 Å². The number of amides is 2. The summed E-state index contributed by atoms with van der Waals surface area (Å²) in [6.07, 6.45) is 2.19. The predicted octanol–water partition coefficient (Wildman–Crippen LogP) is 1.56. The van der Waals surface area contributed by atoms with Gasteiger partial charge in [-0.15, -0.1) is 0 Å². The van der Waals surface area contributed by atoms with Gasteiger partial charge >= 0.3 is 0 Å². The molecule has 1 aromatic carbocycles. The molecule has 7 nitrogen and oxygen atoms in total. The fourth-order valence-electron chi connectivity index (χ4n) is 3.47. The lowest BCUT2D eigenvalue weighted by molar-refractivity contribution is -0.140. The smallest absolute Gasteiger partial charge is 0.254 e. The molecule has 3 rings (SSSR count). The van der Waals surface area contributed by atoms with Crippen LogP contribution in [0.15, 0.2) is 18.2 Å². The van der Waals surface area contributed by atoms with Crippen LogP contribution in [0.4, 0.5) is 0 Å². The molecule has 2 amide bonds. The summed E-state index contributed by atoms with van der Waals surface area (Å²) in [5.74, 6) is 1.12. The molecule has 1 unspecified atom stereocenters. The van der Waals surface area contributed by atoms with Gasteiger partial charge in [0.15, 0.2) is 11.5 Å². The number of ether oxygens (including phenoxy) is 3. The van der Waals surface area contributed by atoms with E-state index in [9.17, 15) is 9.59 Å². The molecule has 2 aliphatic heterocycles. The third kappa shape index (κ3) is 3.93. The Bertz CT molecular complexity index is 657. The minimum absolute atomic E-state index is 0.0580. The molecule has 1 atom stereocenters. The van der Waals surface area contributed by atoms with Crippen molar-refractivity contribution in [3.8, 4) is 11.5 Å². The van der Waals surface area contributed by atoms with Crippen molar-refractivity contribution >= 4 is 11.8 Å². The fourth-order valence-corrected chi connectivity index (χ4v) is 3.47. The third-order valence-electron chi connectivity index (χ3n) is 4.93. The van der Waals surface area contributed by atoms with Crippen LogP contribution in [0.1, 0.15) is 29.6 Å². The van der Waals surface area contributed by atoms with E-state index in [1.165, 1.54) is 0 Å². The lowest BCUT2D eigenvalue weighted by atomic mass is 10.1. The number of hydrogen-bond donors (Lipinski definition) is 0. The highest BCUT2D eigenvalue weighted by atomic mass is 16.5. The molecule has 26 heavy (non-hydrogen) atoms. The molecular formula is C19H26N2O5. The molecule has 0 aromatic heterocycles. The Kier molecular flexibility index (Phi) is 5.98. The van der Waals surface area contributed by atoms with Gasteiger partial charge in [0.05, 0.1) is 14.2 Å². The molecule has 0 radical (unpaired) electrons. The van der Waals surface area contributed by atoms with Crippen LogP contribution >= 0.6 is 0 Å². The predicted molar refractivity (Wildman–Crippen MR) is 95.6 cm³/mol. The van der Waals surface area contributed by atoms with Gasteiger partial charge in [-0.25, -0.2) is 0 Å². The van der Waals surface area contributed by atoms with Gasteiger partial charge < -0.3 is 24.0 Å². The van der Waals surface area contributed by atoms with Gasteiger partial charge in [-0.2, -0.15) is 0 Å². The Morgan fingerprint density at radius 1 is 1.00 bits per heavy atom. The zero-order chi connectivity index (χ0) is 18.5. The maximum atomic E-state index is 12.9. The minimum Gasteiger partial charge on any atom is -0.493 e. The molecule has 0 bridgehead atoms. The van der Waals surface area contributed by atoms with Crippen molar-refractivity contribution in [3.63, 3.8) is 0 Å². The van der Waals surface area contributed by atoms with Crippen molar-refractivity contribution in [3.05, 3.63) is 23.8 Å². The lowest BCUT2D eigenvalue weighted by Crippen LogP contribution is -2.41. The third-order valence-corrected chi connectivity index (χ3v) is 4.93. The molecule has 2 heterocycles. The largest absolute Gasteiger partial charge is 0.493 e. The van der Waals surface area contributed by atoms with Gasteiger partial charge in [0, 0.05) is 38.3 Å². The fraction of sp³-hybridized carbons (Fsp3) is 0.579. The quantitative estimate of drug-likeness (QED) is 0.813. The second-order valence-corrected chi connectivity index (χ2v) is 6.54. The topological polar surface area (TPSA) is 68.3 Å². The molecule has 2 fully saturated rings. The summed E-state index contributed by atoms with van der Waals surface area (Å²) in [4.78, 5) is 29.0. The van der Waals surface area contributed by atoms with E-state index in [2.05, 4.69) is 0 Å². The number of rotatable bonds is 4.